The monoisotopic (exact) mass is 288 g/mol. The Morgan fingerprint density at radius 2 is 2.29 bits per heavy atom. The molecule has 0 bridgehead atoms. The molecule has 2 rings (SSSR count). The molecule has 6 heteroatoms. The molecule has 0 aliphatic rings. The fraction of sp³-hybridized carbons (Fsp3) is 0.364. The molecule has 1 aromatic heterocycles. The number of halogens is 1. The number of hydrogen-bond donors (Lipinski definition) is 1. The van der Waals surface area contributed by atoms with Gasteiger partial charge in [0.25, 0.3) is 0 Å². The highest BCUT2D eigenvalue weighted by Crippen LogP contribution is 2.22. The molecule has 1 atom stereocenters. The number of rotatable bonds is 4. The topological polar surface area (TPSA) is 37.8 Å². The number of hydrogen-bond acceptors (Lipinski definition) is 2. The standard InChI is InChI=1S/C11H13ClN2OS2/c1-2-17(15)7-6-14-9-5-3-4-8(12)10(9)13-11(14)16/h3-5H,2,6-7H2,1H3,(H,13,16). The van der Waals surface area contributed by atoms with Crippen molar-refractivity contribution in [1.29, 1.82) is 0 Å². The van der Waals surface area contributed by atoms with Gasteiger partial charge < -0.3 is 9.55 Å². The van der Waals surface area contributed by atoms with Gasteiger partial charge in [0.2, 0.25) is 0 Å². The molecule has 3 nitrogen and oxygen atoms in total. The molecule has 0 fully saturated rings. The summed E-state index contributed by atoms with van der Waals surface area (Å²) in [7, 11) is -0.782. The predicted molar refractivity (Wildman–Crippen MR) is 75.7 cm³/mol. The summed E-state index contributed by atoms with van der Waals surface area (Å²) in [6, 6.07) is 5.67. The number of aromatic amines is 1. The molecule has 0 radical (unpaired) electrons. The Hall–Kier alpha value is -0.650. The number of nitrogens with zero attached hydrogens (tertiary/aromatic N) is 1. The number of imidazole rings is 1. The van der Waals surface area contributed by atoms with Crippen LogP contribution < -0.4 is 0 Å². The molecule has 1 heterocycles. The second kappa shape index (κ2) is 5.33. The maximum Gasteiger partial charge on any atom is 0.178 e. The normalized spacial score (nSPS) is 13.1. The van der Waals surface area contributed by atoms with Crippen LogP contribution in [0, 0.1) is 4.77 Å². The third kappa shape index (κ3) is 2.61. The van der Waals surface area contributed by atoms with E-state index < -0.39 is 10.8 Å². The smallest absolute Gasteiger partial charge is 0.178 e. The number of H-pyrrole nitrogens is 1. The van der Waals surface area contributed by atoms with Crippen molar-refractivity contribution in [3.05, 3.63) is 28.0 Å². The molecule has 92 valence electrons. The van der Waals surface area contributed by atoms with Crippen molar-refractivity contribution in [2.45, 2.75) is 13.5 Å². The third-order valence-electron chi connectivity index (χ3n) is 2.62. The van der Waals surface area contributed by atoms with Gasteiger partial charge in [0.05, 0.1) is 16.1 Å². The van der Waals surface area contributed by atoms with E-state index in [0.29, 0.717) is 27.8 Å². The quantitative estimate of drug-likeness (QED) is 0.878. The lowest BCUT2D eigenvalue weighted by atomic mass is 10.3. The number of para-hydroxylation sites is 1. The second-order valence-electron chi connectivity index (χ2n) is 3.65. The molecule has 2 aromatic rings. The van der Waals surface area contributed by atoms with Crippen LogP contribution in [0.2, 0.25) is 5.02 Å². The van der Waals surface area contributed by atoms with Crippen LogP contribution in [0.25, 0.3) is 11.0 Å². The average Bonchev–Trinajstić information content (AvgIpc) is 2.64. The molecule has 0 amide bonds. The number of nitrogens with one attached hydrogen (secondary N) is 1. The zero-order chi connectivity index (χ0) is 12.4. The molecular formula is C11H13ClN2OS2. The van der Waals surface area contributed by atoms with Crippen LogP contribution in [0.1, 0.15) is 6.92 Å². The van der Waals surface area contributed by atoms with Gasteiger partial charge in [-0.05, 0) is 24.4 Å². The Morgan fingerprint density at radius 1 is 1.53 bits per heavy atom. The highest BCUT2D eigenvalue weighted by molar-refractivity contribution is 7.84. The number of aryl methyl sites for hydroxylation is 1. The SMILES string of the molecule is CCS(=O)CCn1c(=S)[nH]c2c(Cl)cccc21. The van der Waals surface area contributed by atoms with E-state index in [1.807, 2.05) is 29.7 Å². The third-order valence-corrected chi connectivity index (χ3v) is 4.54. The van der Waals surface area contributed by atoms with E-state index in [1.165, 1.54) is 0 Å². The fourth-order valence-electron chi connectivity index (χ4n) is 1.70. The van der Waals surface area contributed by atoms with Crippen LogP contribution in [0.5, 0.6) is 0 Å². The van der Waals surface area contributed by atoms with Gasteiger partial charge >= 0.3 is 0 Å². The van der Waals surface area contributed by atoms with Crippen LogP contribution in [0.3, 0.4) is 0 Å². The molecule has 0 saturated carbocycles. The zero-order valence-electron chi connectivity index (χ0n) is 9.40. The van der Waals surface area contributed by atoms with Crippen LogP contribution >= 0.6 is 23.8 Å². The molecule has 0 aliphatic heterocycles. The van der Waals surface area contributed by atoms with Gasteiger partial charge in [-0.25, -0.2) is 0 Å². The Kier molecular flexibility index (Phi) is 4.01. The van der Waals surface area contributed by atoms with Gasteiger partial charge in [-0.1, -0.05) is 24.6 Å². The summed E-state index contributed by atoms with van der Waals surface area (Å²) in [5, 5.41) is 0.656. The van der Waals surface area contributed by atoms with Gasteiger partial charge in [0.1, 0.15) is 0 Å². The van der Waals surface area contributed by atoms with Crippen molar-refractivity contribution < 1.29 is 4.21 Å². The molecule has 17 heavy (non-hydrogen) atoms. The Morgan fingerprint density at radius 3 is 3.00 bits per heavy atom. The lowest BCUT2D eigenvalue weighted by Crippen LogP contribution is -2.08. The van der Waals surface area contributed by atoms with Crippen molar-refractivity contribution in [1.82, 2.24) is 9.55 Å². The Balaban J connectivity index is 2.40. The summed E-state index contributed by atoms with van der Waals surface area (Å²) in [6.45, 7) is 2.57. The average molecular weight is 289 g/mol. The lowest BCUT2D eigenvalue weighted by Gasteiger charge is -2.03. The first-order valence-corrected chi connectivity index (χ1v) is 7.63. The summed E-state index contributed by atoms with van der Waals surface area (Å²) in [6.07, 6.45) is 0. The molecule has 0 spiro atoms. The predicted octanol–water partition coefficient (Wildman–Crippen LogP) is 3.12. The van der Waals surface area contributed by atoms with Crippen molar-refractivity contribution in [2.24, 2.45) is 0 Å². The molecule has 1 unspecified atom stereocenters. The van der Waals surface area contributed by atoms with E-state index in [0.717, 1.165) is 11.0 Å². The summed E-state index contributed by atoms with van der Waals surface area (Å²) >= 11 is 11.3. The number of aromatic nitrogens is 2. The first-order chi connectivity index (χ1) is 8.13. The highest BCUT2D eigenvalue weighted by atomic mass is 35.5. The minimum Gasteiger partial charge on any atom is -0.329 e. The lowest BCUT2D eigenvalue weighted by molar-refractivity contribution is 0.675. The molecule has 0 aliphatic carbocycles. The van der Waals surface area contributed by atoms with Crippen LogP contribution in [0.15, 0.2) is 18.2 Å². The van der Waals surface area contributed by atoms with Gasteiger partial charge in [0.15, 0.2) is 4.77 Å². The van der Waals surface area contributed by atoms with Gasteiger partial charge in [-0.15, -0.1) is 0 Å². The minimum absolute atomic E-state index is 0.615. The van der Waals surface area contributed by atoms with E-state index in [2.05, 4.69) is 4.98 Å². The molecule has 1 N–H and O–H groups in total. The minimum atomic E-state index is -0.782. The Bertz CT molecular complexity index is 617. The fourth-order valence-corrected chi connectivity index (χ4v) is 2.89. The van der Waals surface area contributed by atoms with E-state index in [4.69, 9.17) is 23.8 Å². The van der Waals surface area contributed by atoms with Crippen LogP contribution in [-0.4, -0.2) is 25.3 Å². The van der Waals surface area contributed by atoms with Crippen LogP contribution in [-0.2, 0) is 17.3 Å². The number of benzene rings is 1. The summed E-state index contributed by atoms with van der Waals surface area (Å²) in [4.78, 5) is 3.08. The van der Waals surface area contributed by atoms with Gasteiger partial charge in [-0.2, -0.15) is 0 Å². The van der Waals surface area contributed by atoms with E-state index in [-0.39, 0.29) is 0 Å². The largest absolute Gasteiger partial charge is 0.329 e. The first kappa shape index (κ1) is 12.8. The molecule has 1 aromatic carbocycles. The first-order valence-electron chi connectivity index (χ1n) is 5.35. The maximum atomic E-state index is 11.4. The summed E-state index contributed by atoms with van der Waals surface area (Å²) in [5.41, 5.74) is 1.82. The van der Waals surface area contributed by atoms with Gasteiger partial charge in [0, 0.05) is 28.9 Å². The van der Waals surface area contributed by atoms with E-state index in [9.17, 15) is 4.21 Å². The molecule has 0 saturated heterocycles. The second-order valence-corrected chi connectivity index (χ2v) is 6.31. The number of fused-ring (bicyclic) bond motifs is 1. The van der Waals surface area contributed by atoms with E-state index >= 15 is 0 Å². The van der Waals surface area contributed by atoms with Crippen LogP contribution in [0.4, 0.5) is 0 Å². The summed E-state index contributed by atoms with van der Waals surface area (Å²) < 4.78 is 14.0. The summed E-state index contributed by atoms with van der Waals surface area (Å²) in [5.74, 6) is 1.29. The van der Waals surface area contributed by atoms with E-state index in [1.54, 1.807) is 0 Å². The van der Waals surface area contributed by atoms with Crippen molar-refractivity contribution in [3.8, 4) is 0 Å². The highest BCUT2D eigenvalue weighted by Gasteiger charge is 2.07. The van der Waals surface area contributed by atoms with Crippen molar-refractivity contribution in [3.63, 3.8) is 0 Å². The zero-order valence-corrected chi connectivity index (χ0v) is 11.8. The maximum absolute atomic E-state index is 11.4. The van der Waals surface area contributed by atoms with Crippen molar-refractivity contribution in [2.75, 3.05) is 11.5 Å². The molecular weight excluding hydrogens is 276 g/mol. The van der Waals surface area contributed by atoms with Gasteiger partial charge in [-0.3, -0.25) is 4.21 Å². The Labute approximate surface area is 112 Å². The van der Waals surface area contributed by atoms with Crippen molar-refractivity contribution >= 4 is 45.7 Å².